The van der Waals surface area contributed by atoms with E-state index in [1.165, 1.54) is 57.8 Å². The Hall–Kier alpha value is 0. The molecule has 0 atom stereocenters. The third-order valence-corrected chi connectivity index (χ3v) is 3.91. The van der Waals surface area contributed by atoms with Crippen LogP contribution in [0, 0.1) is 11.3 Å². The molecule has 0 saturated heterocycles. The standard InChI is InChI=1S/C12H22/c1-12(8-3-2-4-9-12)10-7-11-5-6-11/h11H,2-10H2,1H3. The fourth-order valence-corrected chi connectivity index (χ4v) is 2.61. The molecule has 0 heteroatoms. The lowest BCUT2D eigenvalue weighted by molar-refractivity contribution is 0.191. The largest absolute Gasteiger partial charge is 0.0596 e. The Morgan fingerprint density at radius 2 is 1.75 bits per heavy atom. The minimum atomic E-state index is 0.751. The highest BCUT2D eigenvalue weighted by molar-refractivity contribution is 4.82. The molecular formula is C12H22. The Labute approximate surface area is 76.7 Å². The Morgan fingerprint density at radius 1 is 1.08 bits per heavy atom. The molecule has 2 rings (SSSR count). The van der Waals surface area contributed by atoms with Gasteiger partial charge < -0.3 is 0 Å². The summed E-state index contributed by atoms with van der Waals surface area (Å²) in [6.45, 7) is 2.52. The Bertz CT molecular complexity index is 138. The van der Waals surface area contributed by atoms with Crippen LogP contribution in [0.25, 0.3) is 0 Å². The quantitative estimate of drug-likeness (QED) is 0.591. The van der Waals surface area contributed by atoms with Crippen molar-refractivity contribution in [1.29, 1.82) is 0 Å². The monoisotopic (exact) mass is 166 g/mol. The summed E-state index contributed by atoms with van der Waals surface area (Å²) < 4.78 is 0. The molecule has 0 N–H and O–H groups in total. The molecule has 2 aliphatic rings. The molecule has 70 valence electrons. The second kappa shape index (κ2) is 3.40. The van der Waals surface area contributed by atoms with E-state index in [0.717, 1.165) is 11.3 Å². The second-order valence-corrected chi connectivity index (χ2v) is 5.35. The van der Waals surface area contributed by atoms with Gasteiger partial charge in [-0.2, -0.15) is 0 Å². The molecule has 2 fully saturated rings. The van der Waals surface area contributed by atoms with Gasteiger partial charge in [-0.15, -0.1) is 0 Å². The summed E-state index contributed by atoms with van der Waals surface area (Å²) in [5.41, 5.74) is 0.751. The van der Waals surface area contributed by atoms with E-state index in [1.54, 1.807) is 0 Å². The van der Waals surface area contributed by atoms with E-state index in [1.807, 2.05) is 0 Å². The average Bonchev–Trinajstić information content (AvgIpc) is 2.85. The van der Waals surface area contributed by atoms with Gasteiger partial charge in [0.05, 0.1) is 0 Å². The first-order chi connectivity index (χ1) is 5.79. The normalized spacial score (nSPS) is 28.8. The van der Waals surface area contributed by atoms with Gasteiger partial charge in [-0.25, -0.2) is 0 Å². The third-order valence-electron chi connectivity index (χ3n) is 3.91. The Morgan fingerprint density at radius 3 is 2.33 bits per heavy atom. The average molecular weight is 166 g/mol. The molecule has 0 aromatic rings. The molecule has 0 unspecified atom stereocenters. The maximum Gasteiger partial charge on any atom is -0.0326 e. The summed E-state index contributed by atoms with van der Waals surface area (Å²) in [7, 11) is 0. The van der Waals surface area contributed by atoms with Crippen molar-refractivity contribution < 1.29 is 0 Å². The highest BCUT2D eigenvalue weighted by Gasteiger charge is 2.29. The summed E-state index contributed by atoms with van der Waals surface area (Å²) in [5.74, 6) is 1.14. The van der Waals surface area contributed by atoms with Gasteiger partial charge in [0, 0.05) is 0 Å². The zero-order valence-electron chi connectivity index (χ0n) is 8.44. The van der Waals surface area contributed by atoms with Crippen LogP contribution in [0.3, 0.4) is 0 Å². The predicted molar refractivity (Wildman–Crippen MR) is 53.2 cm³/mol. The molecular weight excluding hydrogens is 144 g/mol. The summed E-state index contributed by atoms with van der Waals surface area (Å²) in [6, 6.07) is 0. The van der Waals surface area contributed by atoms with Crippen LogP contribution in [0.5, 0.6) is 0 Å². The predicted octanol–water partition coefficient (Wildman–Crippen LogP) is 4.15. The Kier molecular flexibility index (Phi) is 2.43. The van der Waals surface area contributed by atoms with E-state index in [9.17, 15) is 0 Å². The highest BCUT2D eigenvalue weighted by Crippen LogP contribution is 2.43. The summed E-state index contributed by atoms with van der Waals surface area (Å²) >= 11 is 0. The SMILES string of the molecule is CC1(CCC2CC2)CCCCC1. The van der Waals surface area contributed by atoms with Crippen molar-refractivity contribution in [3.8, 4) is 0 Å². The van der Waals surface area contributed by atoms with E-state index in [-0.39, 0.29) is 0 Å². The first-order valence-corrected chi connectivity index (χ1v) is 5.79. The van der Waals surface area contributed by atoms with Gasteiger partial charge in [-0.1, -0.05) is 39.0 Å². The van der Waals surface area contributed by atoms with Gasteiger partial charge in [-0.05, 0) is 37.0 Å². The highest BCUT2D eigenvalue weighted by atomic mass is 14.4. The number of hydrogen-bond acceptors (Lipinski definition) is 0. The van der Waals surface area contributed by atoms with Gasteiger partial charge >= 0.3 is 0 Å². The molecule has 0 bridgehead atoms. The molecule has 0 aliphatic heterocycles. The number of hydrogen-bond donors (Lipinski definition) is 0. The summed E-state index contributed by atoms with van der Waals surface area (Å²) in [4.78, 5) is 0. The zero-order chi connectivity index (χ0) is 8.44. The van der Waals surface area contributed by atoms with Crippen molar-refractivity contribution in [3.63, 3.8) is 0 Å². The van der Waals surface area contributed by atoms with Crippen LogP contribution in [0.4, 0.5) is 0 Å². The maximum atomic E-state index is 2.52. The first kappa shape index (κ1) is 8.59. The van der Waals surface area contributed by atoms with Gasteiger partial charge in [0.25, 0.3) is 0 Å². The van der Waals surface area contributed by atoms with Crippen LogP contribution in [0.1, 0.15) is 64.7 Å². The van der Waals surface area contributed by atoms with E-state index >= 15 is 0 Å². The van der Waals surface area contributed by atoms with E-state index in [4.69, 9.17) is 0 Å². The van der Waals surface area contributed by atoms with Crippen molar-refractivity contribution >= 4 is 0 Å². The molecule has 0 radical (unpaired) electrons. The van der Waals surface area contributed by atoms with Crippen molar-refractivity contribution in [2.75, 3.05) is 0 Å². The molecule has 0 nitrogen and oxygen atoms in total. The van der Waals surface area contributed by atoms with Crippen LogP contribution in [-0.2, 0) is 0 Å². The van der Waals surface area contributed by atoms with Gasteiger partial charge in [0.15, 0.2) is 0 Å². The molecule has 0 spiro atoms. The third kappa shape index (κ3) is 2.24. The topological polar surface area (TPSA) is 0 Å². The lowest BCUT2D eigenvalue weighted by Gasteiger charge is -2.33. The molecule has 2 saturated carbocycles. The summed E-state index contributed by atoms with van der Waals surface area (Å²) in [6.07, 6.45) is 13.7. The van der Waals surface area contributed by atoms with E-state index in [2.05, 4.69) is 6.92 Å². The second-order valence-electron chi connectivity index (χ2n) is 5.35. The molecule has 0 heterocycles. The van der Waals surface area contributed by atoms with E-state index in [0.29, 0.717) is 0 Å². The van der Waals surface area contributed by atoms with Crippen LogP contribution in [0.2, 0.25) is 0 Å². The summed E-state index contributed by atoms with van der Waals surface area (Å²) in [5, 5.41) is 0. The molecule has 0 amide bonds. The smallest absolute Gasteiger partial charge is 0.0326 e. The maximum absolute atomic E-state index is 2.52. The molecule has 0 aromatic carbocycles. The van der Waals surface area contributed by atoms with Crippen molar-refractivity contribution in [2.45, 2.75) is 64.7 Å². The van der Waals surface area contributed by atoms with E-state index < -0.39 is 0 Å². The Balaban J connectivity index is 1.73. The fourth-order valence-electron chi connectivity index (χ4n) is 2.61. The van der Waals surface area contributed by atoms with Gasteiger partial charge in [0.1, 0.15) is 0 Å². The first-order valence-electron chi connectivity index (χ1n) is 5.79. The van der Waals surface area contributed by atoms with Gasteiger partial charge in [0.2, 0.25) is 0 Å². The van der Waals surface area contributed by atoms with Crippen molar-refractivity contribution in [2.24, 2.45) is 11.3 Å². The lowest BCUT2D eigenvalue weighted by Crippen LogP contribution is -2.19. The molecule has 2 aliphatic carbocycles. The van der Waals surface area contributed by atoms with Crippen LogP contribution < -0.4 is 0 Å². The van der Waals surface area contributed by atoms with Gasteiger partial charge in [-0.3, -0.25) is 0 Å². The lowest BCUT2D eigenvalue weighted by atomic mass is 9.72. The minimum absolute atomic E-state index is 0.751. The van der Waals surface area contributed by atoms with Crippen LogP contribution in [0.15, 0.2) is 0 Å². The number of rotatable bonds is 3. The molecule has 12 heavy (non-hydrogen) atoms. The molecule has 0 aromatic heterocycles. The zero-order valence-corrected chi connectivity index (χ0v) is 8.44. The minimum Gasteiger partial charge on any atom is -0.0596 e. The van der Waals surface area contributed by atoms with Crippen molar-refractivity contribution in [1.82, 2.24) is 0 Å². The van der Waals surface area contributed by atoms with Crippen molar-refractivity contribution in [3.05, 3.63) is 0 Å². The van der Waals surface area contributed by atoms with Crippen LogP contribution >= 0.6 is 0 Å². The van der Waals surface area contributed by atoms with Crippen LogP contribution in [-0.4, -0.2) is 0 Å². The fraction of sp³-hybridized carbons (Fsp3) is 1.00.